The average molecular weight is 570 g/mol. The van der Waals surface area contributed by atoms with E-state index in [0.29, 0.717) is 55.3 Å². The van der Waals surface area contributed by atoms with Gasteiger partial charge in [-0.1, -0.05) is 5.92 Å². The highest BCUT2D eigenvalue weighted by Gasteiger charge is 2.45. The van der Waals surface area contributed by atoms with Crippen LogP contribution in [0.1, 0.15) is 70.9 Å². The number of aromatic nitrogens is 7. The zero-order valence-electron chi connectivity index (χ0n) is 23.4. The molecule has 216 valence electrons. The van der Waals surface area contributed by atoms with E-state index in [-0.39, 0.29) is 41.3 Å². The zero-order valence-corrected chi connectivity index (χ0v) is 23.4. The van der Waals surface area contributed by atoms with E-state index in [1.165, 1.54) is 17.8 Å². The van der Waals surface area contributed by atoms with Crippen molar-refractivity contribution in [2.45, 2.75) is 50.6 Å². The quantitative estimate of drug-likeness (QED) is 0.182. The molecule has 42 heavy (non-hydrogen) atoms. The summed E-state index contributed by atoms with van der Waals surface area (Å²) in [5.41, 5.74) is 10.3. The number of ether oxygens (including phenoxy) is 2. The third-order valence-corrected chi connectivity index (χ3v) is 7.93. The molecule has 2 aliphatic rings. The van der Waals surface area contributed by atoms with E-state index < -0.39 is 0 Å². The lowest BCUT2D eigenvalue weighted by Gasteiger charge is -2.38. The molecule has 4 aromatic heterocycles. The molecule has 2 fully saturated rings. The number of nitrogens with zero attached hydrogens (tertiary/aromatic N) is 7. The summed E-state index contributed by atoms with van der Waals surface area (Å²) in [7, 11) is 1.62. The Bertz CT molecular complexity index is 1660. The fourth-order valence-corrected chi connectivity index (χ4v) is 6.07. The van der Waals surface area contributed by atoms with Crippen LogP contribution in [0.2, 0.25) is 0 Å². The van der Waals surface area contributed by atoms with Crippen LogP contribution < -0.4 is 5.73 Å². The third kappa shape index (κ3) is 5.10. The molecule has 6 rings (SSSR count). The van der Waals surface area contributed by atoms with E-state index in [9.17, 15) is 9.59 Å². The summed E-state index contributed by atoms with van der Waals surface area (Å²) in [5.74, 6) is 6.06. The van der Waals surface area contributed by atoms with Crippen LogP contribution in [0.3, 0.4) is 0 Å². The Morgan fingerprint density at radius 3 is 2.62 bits per heavy atom. The molecule has 0 spiro atoms. The number of hydrogen-bond donors (Lipinski definition) is 2. The largest absolute Gasteiger partial charge is 0.383 e. The van der Waals surface area contributed by atoms with Crippen molar-refractivity contribution in [2.75, 3.05) is 32.7 Å². The molecule has 3 atom stereocenters. The van der Waals surface area contributed by atoms with E-state index in [1.54, 1.807) is 19.5 Å². The lowest BCUT2D eigenvalue weighted by atomic mass is 9.85. The van der Waals surface area contributed by atoms with E-state index in [4.69, 9.17) is 20.2 Å². The van der Waals surface area contributed by atoms with Gasteiger partial charge in [0.2, 0.25) is 5.82 Å². The van der Waals surface area contributed by atoms with Crippen molar-refractivity contribution in [1.82, 2.24) is 39.7 Å². The smallest absolute Gasteiger partial charge is 0.291 e. The van der Waals surface area contributed by atoms with Gasteiger partial charge in [-0.2, -0.15) is 14.7 Å². The van der Waals surface area contributed by atoms with Gasteiger partial charge in [-0.05, 0) is 50.7 Å². The Hall–Kier alpha value is -4.67. The van der Waals surface area contributed by atoms with Crippen LogP contribution in [0.15, 0.2) is 30.9 Å². The van der Waals surface area contributed by atoms with Gasteiger partial charge < -0.3 is 20.1 Å². The number of aromatic amines is 1. The fourth-order valence-electron chi connectivity index (χ4n) is 6.07. The number of rotatable bonds is 8. The lowest BCUT2D eigenvalue weighted by molar-refractivity contribution is 0.0556. The zero-order chi connectivity index (χ0) is 29.2. The van der Waals surface area contributed by atoms with Crippen molar-refractivity contribution in [3.05, 3.63) is 53.6 Å². The number of amides is 1. The number of nitrogens with two attached hydrogens (primary N) is 1. The number of nitrogens with one attached hydrogen (secondary N) is 1. The second kappa shape index (κ2) is 11.7. The van der Waals surface area contributed by atoms with Gasteiger partial charge in [0.1, 0.15) is 24.4 Å². The Labute approximate surface area is 241 Å². The van der Waals surface area contributed by atoms with E-state index in [0.717, 1.165) is 24.0 Å². The molecule has 2 bridgehead atoms. The number of anilines is 1. The summed E-state index contributed by atoms with van der Waals surface area (Å²) in [6.45, 7) is 2.79. The van der Waals surface area contributed by atoms with Gasteiger partial charge in [-0.15, -0.1) is 0 Å². The minimum Gasteiger partial charge on any atom is -0.383 e. The van der Waals surface area contributed by atoms with Crippen LogP contribution in [-0.4, -0.2) is 90.4 Å². The highest BCUT2D eigenvalue weighted by atomic mass is 16.5. The number of methoxy groups -OCH3 is 1. The van der Waals surface area contributed by atoms with Crippen molar-refractivity contribution < 1.29 is 19.1 Å². The van der Waals surface area contributed by atoms with Gasteiger partial charge in [0, 0.05) is 42.4 Å². The average Bonchev–Trinajstić information content (AvgIpc) is 3.73. The van der Waals surface area contributed by atoms with E-state index in [1.807, 2.05) is 17.0 Å². The van der Waals surface area contributed by atoms with Crippen LogP contribution in [-0.2, 0) is 9.47 Å². The summed E-state index contributed by atoms with van der Waals surface area (Å²) in [6.07, 6.45) is 7.85. The molecular formula is C29H31N9O4. The van der Waals surface area contributed by atoms with Crippen molar-refractivity contribution >= 4 is 23.2 Å². The molecule has 3 N–H and O–H groups in total. The molecule has 6 heterocycles. The Morgan fingerprint density at radius 2 is 1.95 bits per heavy atom. The monoisotopic (exact) mass is 569 g/mol. The molecule has 0 aliphatic carbocycles. The van der Waals surface area contributed by atoms with Gasteiger partial charge >= 0.3 is 0 Å². The minimum atomic E-state index is -0.169. The normalized spacial score (nSPS) is 19.6. The molecule has 13 nitrogen and oxygen atoms in total. The lowest BCUT2D eigenvalue weighted by Crippen LogP contribution is -2.46. The minimum absolute atomic E-state index is 0.0121. The first kappa shape index (κ1) is 27.5. The molecule has 13 heteroatoms. The van der Waals surface area contributed by atoms with Gasteiger partial charge in [0.05, 0.1) is 30.7 Å². The molecule has 0 radical (unpaired) electrons. The molecule has 1 unspecified atom stereocenters. The number of carbonyl (C=O) groups is 2. The van der Waals surface area contributed by atoms with E-state index in [2.05, 4.69) is 37.1 Å². The summed E-state index contributed by atoms with van der Waals surface area (Å²) < 4.78 is 11.8. The number of hydrogen-bond acceptors (Lipinski definition) is 10. The topological polar surface area (TPSA) is 167 Å². The SMILES string of the molecule is COCCOCC#Cc1ccc(-c2cnn3c(N)c(C(C)=O)c(C4C[C@H]5CC[C@@H](C4)N5C(=O)c4ncn[nH]4)nc23)cn1. The first-order chi connectivity index (χ1) is 20.5. The molecule has 1 amide bonds. The molecule has 2 aliphatic heterocycles. The maximum absolute atomic E-state index is 13.1. The van der Waals surface area contributed by atoms with Crippen LogP contribution in [0.25, 0.3) is 16.8 Å². The fraction of sp³-hybridized carbons (Fsp3) is 0.414. The van der Waals surface area contributed by atoms with Crippen LogP contribution in [0.5, 0.6) is 0 Å². The molecule has 2 saturated heterocycles. The van der Waals surface area contributed by atoms with Crippen molar-refractivity contribution in [1.29, 1.82) is 0 Å². The summed E-state index contributed by atoms with van der Waals surface area (Å²) in [6, 6.07) is 3.76. The van der Waals surface area contributed by atoms with Gasteiger partial charge in [0.25, 0.3) is 5.91 Å². The maximum Gasteiger partial charge on any atom is 0.291 e. The predicted molar refractivity (Wildman–Crippen MR) is 152 cm³/mol. The number of piperidine rings is 1. The molecular weight excluding hydrogens is 538 g/mol. The number of ketones is 1. The molecule has 0 saturated carbocycles. The number of fused-ring (bicyclic) bond motifs is 3. The standard InChI is InChI=1S/C29H31N9O4/c1-17(39)24-25(19-12-21-7-8-22(13-19)37(21)29(40)27-32-16-33-36-27)35-28-23(15-34-38(28)26(24)30)18-5-6-20(31-14-18)4-3-9-42-11-10-41-2/h5-6,14-16,19,21-22H,7-13,30H2,1-2H3,(H,32,33,36)/t19?,21-,22+. The number of carbonyl (C=O) groups excluding carboxylic acids is 2. The second-order valence-corrected chi connectivity index (χ2v) is 10.5. The highest BCUT2D eigenvalue weighted by molar-refractivity contribution is 6.00. The van der Waals surface area contributed by atoms with Crippen molar-refractivity contribution in [3.63, 3.8) is 0 Å². The maximum atomic E-state index is 13.1. The number of Topliss-reactive ketones (excluding diaryl/α,β-unsaturated/α-hetero) is 1. The molecule has 0 aromatic carbocycles. The van der Waals surface area contributed by atoms with Gasteiger partial charge in [0.15, 0.2) is 11.4 Å². The summed E-state index contributed by atoms with van der Waals surface area (Å²) in [5, 5.41) is 11.0. The number of H-pyrrole nitrogens is 1. The van der Waals surface area contributed by atoms with Crippen molar-refractivity contribution in [3.8, 4) is 23.0 Å². The van der Waals surface area contributed by atoms with Crippen LogP contribution in [0, 0.1) is 11.8 Å². The first-order valence-corrected chi connectivity index (χ1v) is 13.8. The third-order valence-electron chi connectivity index (χ3n) is 7.93. The van der Waals surface area contributed by atoms with Crippen molar-refractivity contribution in [2.24, 2.45) is 0 Å². The van der Waals surface area contributed by atoms with E-state index >= 15 is 0 Å². The predicted octanol–water partition coefficient (Wildman–Crippen LogP) is 2.26. The number of nitrogen functional groups attached to an aromatic ring is 1. The van der Waals surface area contributed by atoms with Crippen LogP contribution in [0.4, 0.5) is 5.82 Å². The Balaban J connectivity index is 1.29. The highest BCUT2D eigenvalue weighted by Crippen LogP contribution is 2.45. The summed E-state index contributed by atoms with van der Waals surface area (Å²) in [4.78, 5) is 41.5. The Morgan fingerprint density at radius 1 is 1.14 bits per heavy atom. The first-order valence-electron chi connectivity index (χ1n) is 13.8. The Kier molecular flexibility index (Phi) is 7.64. The van der Waals surface area contributed by atoms with Gasteiger partial charge in [-0.25, -0.2) is 15.0 Å². The van der Waals surface area contributed by atoms with Crippen LogP contribution >= 0.6 is 0 Å². The molecule has 4 aromatic rings. The number of pyridine rings is 1. The summed E-state index contributed by atoms with van der Waals surface area (Å²) >= 11 is 0. The second-order valence-electron chi connectivity index (χ2n) is 10.5. The van der Waals surface area contributed by atoms with Gasteiger partial charge in [-0.3, -0.25) is 14.7 Å².